The van der Waals surface area contributed by atoms with Gasteiger partial charge in [0.2, 0.25) is 0 Å². The van der Waals surface area contributed by atoms with Gasteiger partial charge < -0.3 is 5.32 Å². The zero-order valence-electron chi connectivity index (χ0n) is 12.1. The minimum absolute atomic E-state index is 0.590. The van der Waals surface area contributed by atoms with Crippen molar-refractivity contribution < 1.29 is 0 Å². The Labute approximate surface area is 120 Å². The number of thiophene rings is 1. The Balaban J connectivity index is 1.55. The molecule has 2 fully saturated rings. The topological polar surface area (TPSA) is 18.5 Å². The molecule has 1 aromatic heterocycles. The number of nitrogens with zero attached hydrogens (tertiary/aromatic N) is 2. The minimum atomic E-state index is 0.590. The van der Waals surface area contributed by atoms with E-state index in [1.807, 2.05) is 11.3 Å². The first-order chi connectivity index (χ1) is 9.28. The van der Waals surface area contributed by atoms with E-state index in [9.17, 15) is 0 Å². The summed E-state index contributed by atoms with van der Waals surface area (Å²) >= 11 is 1.99. The van der Waals surface area contributed by atoms with Gasteiger partial charge in [-0.2, -0.15) is 0 Å². The van der Waals surface area contributed by atoms with Gasteiger partial charge in [0.05, 0.1) is 0 Å². The molecule has 0 amide bonds. The predicted molar refractivity (Wildman–Crippen MR) is 81.9 cm³/mol. The standard InChI is InChI=1S/C15H25N3S/c1-3-14-4-5-15(19-14)12(2)17-6-8-18(9-7-17)13-10-16-11-13/h4-5,12-13,16H,3,6-11H2,1-2H3. The van der Waals surface area contributed by atoms with Crippen molar-refractivity contribution in [2.75, 3.05) is 39.3 Å². The quantitative estimate of drug-likeness (QED) is 0.909. The Morgan fingerprint density at radius 2 is 2.00 bits per heavy atom. The fourth-order valence-electron chi connectivity index (χ4n) is 3.01. The number of hydrogen-bond donors (Lipinski definition) is 1. The van der Waals surface area contributed by atoms with Crippen molar-refractivity contribution in [3.63, 3.8) is 0 Å². The molecule has 2 saturated heterocycles. The van der Waals surface area contributed by atoms with E-state index < -0.39 is 0 Å². The van der Waals surface area contributed by atoms with E-state index in [1.54, 1.807) is 0 Å². The van der Waals surface area contributed by atoms with Crippen molar-refractivity contribution in [1.82, 2.24) is 15.1 Å². The molecule has 3 rings (SSSR count). The molecule has 19 heavy (non-hydrogen) atoms. The van der Waals surface area contributed by atoms with Gasteiger partial charge in [-0.25, -0.2) is 0 Å². The van der Waals surface area contributed by atoms with Crippen LogP contribution >= 0.6 is 11.3 Å². The van der Waals surface area contributed by atoms with Crippen LogP contribution in [-0.2, 0) is 6.42 Å². The molecule has 3 heterocycles. The summed E-state index contributed by atoms with van der Waals surface area (Å²) in [6.07, 6.45) is 1.17. The van der Waals surface area contributed by atoms with Crippen molar-refractivity contribution in [2.24, 2.45) is 0 Å². The maximum atomic E-state index is 3.37. The average molecular weight is 279 g/mol. The fourth-order valence-corrected chi connectivity index (χ4v) is 4.05. The van der Waals surface area contributed by atoms with Gasteiger partial charge in [-0.1, -0.05) is 6.92 Å². The molecule has 4 heteroatoms. The van der Waals surface area contributed by atoms with Gasteiger partial charge in [0.25, 0.3) is 0 Å². The van der Waals surface area contributed by atoms with Crippen LogP contribution in [0, 0.1) is 0 Å². The van der Waals surface area contributed by atoms with E-state index in [1.165, 1.54) is 55.4 Å². The molecule has 0 bridgehead atoms. The van der Waals surface area contributed by atoms with Crippen molar-refractivity contribution in [1.29, 1.82) is 0 Å². The summed E-state index contributed by atoms with van der Waals surface area (Å²) in [5.74, 6) is 0. The third-order valence-corrected chi connectivity index (χ3v) is 6.02. The van der Waals surface area contributed by atoms with E-state index in [4.69, 9.17) is 0 Å². The van der Waals surface area contributed by atoms with Crippen molar-refractivity contribution in [3.8, 4) is 0 Å². The second-order valence-electron chi connectivity index (χ2n) is 5.72. The molecule has 1 unspecified atom stereocenters. The second kappa shape index (κ2) is 5.92. The molecular weight excluding hydrogens is 254 g/mol. The summed E-state index contributed by atoms with van der Waals surface area (Å²) in [4.78, 5) is 8.36. The van der Waals surface area contributed by atoms with E-state index in [0.29, 0.717) is 6.04 Å². The SMILES string of the molecule is CCc1ccc(C(C)N2CCN(C3CNC3)CC2)s1. The fraction of sp³-hybridized carbons (Fsp3) is 0.733. The lowest BCUT2D eigenvalue weighted by molar-refractivity contribution is 0.0559. The lowest BCUT2D eigenvalue weighted by Gasteiger charge is -2.44. The molecule has 0 aromatic carbocycles. The smallest absolute Gasteiger partial charge is 0.0414 e. The van der Waals surface area contributed by atoms with Crippen LogP contribution in [-0.4, -0.2) is 55.1 Å². The first-order valence-electron chi connectivity index (χ1n) is 7.55. The third-order valence-electron chi connectivity index (χ3n) is 4.62. The first kappa shape index (κ1) is 13.6. The number of hydrogen-bond acceptors (Lipinski definition) is 4. The van der Waals surface area contributed by atoms with Gasteiger partial charge in [0.1, 0.15) is 0 Å². The predicted octanol–water partition coefficient (Wildman–Crippen LogP) is 1.96. The van der Waals surface area contributed by atoms with Gasteiger partial charge in [-0.05, 0) is 25.5 Å². The molecule has 3 nitrogen and oxygen atoms in total. The summed E-state index contributed by atoms with van der Waals surface area (Å²) in [5.41, 5.74) is 0. The highest BCUT2D eigenvalue weighted by Gasteiger charge is 2.29. The lowest BCUT2D eigenvalue weighted by Crippen LogP contribution is -2.61. The minimum Gasteiger partial charge on any atom is -0.314 e. The van der Waals surface area contributed by atoms with E-state index in [2.05, 4.69) is 41.1 Å². The molecule has 1 N–H and O–H groups in total. The largest absolute Gasteiger partial charge is 0.314 e. The molecule has 106 valence electrons. The van der Waals surface area contributed by atoms with Crippen LogP contribution in [0.25, 0.3) is 0 Å². The van der Waals surface area contributed by atoms with Crippen LogP contribution in [0.15, 0.2) is 12.1 Å². The van der Waals surface area contributed by atoms with Crippen molar-refractivity contribution in [2.45, 2.75) is 32.4 Å². The Hall–Kier alpha value is -0.420. The Morgan fingerprint density at radius 3 is 2.53 bits per heavy atom. The Bertz CT molecular complexity index is 405. The van der Waals surface area contributed by atoms with Crippen LogP contribution in [0.4, 0.5) is 0 Å². The van der Waals surface area contributed by atoms with Gasteiger partial charge in [0.15, 0.2) is 0 Å². The Kier molecular flexibility index (Phi) is 4.22. The van der Waals surface area contributed by atoms with E-state index in [-0.39, 0.29) is 0 Å². The molecule has 0 spiro atoms. The third kappa shape index (κ3) is 2.87. The zero-order valence-corrected chi connectivity index (χ0v) is 12.9. The van der Waals surface area contributed by atoms with E-state index >= 15 is 0 Å². The highest BCUT2D eigenvalue weighted by molar-refractivity contribution is 7.12. The molecule has 1 atom stereocenters. The van der Waals surface area contributed by atoms with Gasteiger partial charge in [0, 0.05) is 61.1 Å². The second-order valence-corrected chi connectivity index (χ2v) is 6.92. The molecular formula is C15H25N3S. The van der Waals surface area contributed by atoms with Gasteiger partial charge in [-0.3, -0.25) is 9.80 Å². The monoisotopic (exact) mass is 279 g/mol. The molecule has 1 aromatic rings. The summed E-state index contributed by atoms with van der Waals surface area (Å²) < 4.78 is 0. The van der Waals surface area contributed by atoms with Crippen LogP contribution in [0.3, 0.4) is 0 Å². The first-order valence-corrected chi connectivity index (χ1v) is 8.37. The average Bonchev–Trinajstić information content (AvgIpc) is 2.85. The van der Waals surface area contributed by atoms with Crippen molar-refractivity contribution >= 4 is 11.3 Å². The lowest BCUT2D eigenvalue weighted by atomic mass is 10.1. The number of piperazine rings is 1. The summed E-state index contributed by atoms with van der Waals surface area (Å²) in [6.45, 7) is 11.9. The highest BCUT2D eigenvalue weighted by atomic mass is 32.1. The van der Waals surface area contributed by atoms with Crippen LogP contribution in [0.2, 0.25) is 0 Å². The molecule has 0 radical (unpaired) electrons. The van der Waals surface area contributed by atoms with Gasteiger partial charge in [-0.15, -0.1) is 11.3 Å². The molecule has 2 aliphatic rings. The van der Waals surface area contributed by atoms with Crippen LogP contribution in [0.5, 0.6) is 0 Å². The maximum absolute atomic E-state index is 3.37. The molecule has 0 aliphatic carbocycles. The number of aryl methyl sites for hydroxylation is 1. The number of rotatable bonds is 4. The number of nitrogens with one attached hydrogen (secondary N) is 1. The normalized spacial score (nSPS) is 24.3. The maximum Gasteiger partial charge on any atom is 0.0414 e. The highest BCUT2D eigenvalue weighted by Crippen LogP contribution is 2.28. The molecule has 0 saturated carbocycles. The van der Waals surface area contributed by atoms with E-state index in [0.717, 1.165) is 6.04 Å². The van der Waals surface area contributed by atoms with Gasteiger partial charge >= 0.3 is 0 Å². The zero-order chi connectivity index (χ0) is 13.2. The van der Waals surface area contributed by atoms with Crippen molar-refractivity contribution in [3.05, 3.63) is 21.9 Å². The summed E-state index contributed by atoms with van der Waals surface area (Å²) in [7, 11) is 0. The van der Waals surface area contributed by atoms with Crippen LogP contribution < -0.4 is 5.32 Å². The summed E-state index contributed by atoms with van der Waals surface area (Å²) in [5, 5.41) is 3.37. The molecule has 2 aliphatic heterocycles. The van der Waals surface area contributed by atoms with Crippen LogP contribution in [0.1, 0.15) is 29.6 Å². The summed E-state index contributed by atoms with van der Waals surface area (Å²) in [6, 6.07) is 6.03. The Morgan fingerprint density at radius 1 is 1.26 bits per heavy atom.